The molecule has 0 atom stereocenters. The number of hydrazine groups is 1. The van der Waals surface area contributed by atoms with Crippen molar-refractivity contribution in [1.29, 1.82) is 0 Å². The van der Waals surface area contributed by atoms with Gasteiger partial charge in [-0.15, -0.1) is 0 Å². The minimum absolute atomic E-state index is 0.543. The summed E-state index contributed by atoms with van der Waals surface area (Å²) in [4.78, 5) is 8.15. The second kappa shape index (κ2) is 3.35. The van der Waals surface area contributed by atoms with Gasteiger partial charge in [-0.2, -0.15) is 0 Å². The van der Waals surface area contributed by atoms with Crippen LogP contribution in [0.25, 0.3) is 17.2 Å². The molecule has 0 radical (unpaired) electrons. The first-order valence-corrected chi connectivity index (χ1v) is 4.73. The summed E-state index contributed by atoms with van der Waals surface area (Å²) in [5, 5.41) is 0. The predicted octanol–water partition coefficient (Wildman–Crippen LogP) is 1.27. The quantitative estimate of drug-likeness (QED) is 0.497. The average molecular weight is 215 g/mol. The molecule has 0 spiro atoms. The van der Waals surface area contributed by atoms with E-state index in [-0.39, 0.29) is 0 Å². The SMILES string of the molecule is NNc1ncccc1-c1cn2ccnc2o1. The third-order valence-electron chi connectivity index (χ3n) is 2.30. The van der Waals surface area contributed by atoms with E-state index in [1.807, 2.05) is 24.5 Å². The number of fused-ring (bicyclic) bond motifs is 1. The lowest BCUT2D eigenvalue weighted by molar-refractivity contribution is 0.610. The number of rotatable bonds is 2. The number of nitrogens with one attached hydrogen (secondary N) is 1. The van der Waals surface area contributed by atoms with Gasteiger partial charge in [0.05, 0.1) is 11.8 Å². The van der Waals surface area contributed by atoms with Gasteiger partial charge in [0.25, 0.3) is 0 Å². The first kappa shape index (κ1) is 8.93. The molecule has 16 heavy (non-hydrogen) atoms. The highest BCUT2D eigenvalue weighted by Crippen LogP contribution is 2.26. The predicted molar refractivity (Wildman–Crippen MR) is 58.5 cm³/mol. The Kier molecular flexibility index (Phi) is 1.87. The zero-order valence-electron chi connectivity index (χ0n) is 8.29. The van der Waals surface area contributed by atoms with Crippen molar-refractivity contribution in [1.82, 2.24) is 14.4 Å². The van der Waals surface area contributed by atoms with Gasteiger partial charge in [0.2, 0.25) is 0 Å². The van der Waals surface area contributed by atoms with Crippen molar-refractivity contribution in [3.05, 3.63) is 36.9 Å². The normalized spacial score (nSPS) is 10.8. The third kappa shape index (κ3) is 1.24. The largest absolute Gasteiger partial charge is 0.423 e. The van der Waals surface area contributed by atoms with E-state index in [1.165, 1.54) is 0 Å². The average Bonchev–Trinajstić information content (AvgIpc) is 2.89. The van der Waals surface area contributed by atoms with Gasteiger partial charge in [0, 0.05) is 18.6 Å². The Bertz CT molecular complexity index is 598. The van der Waals surface area contributed by atoms with Gasteiger partial charge in [0.15, 0.2) is 11.6 Å². The van der Waals surface area contributed by atoms with Crippen molar-refractivity contribution in [2.24, 2.45) is 5.84 Å². The smallest absolute Gasteiger partial charge is 0.306 e. The van der Waals surface area contributed by atoms with Gasteiger partial charge < -0.3 is 9.84 Å². The first-order chi connectivity index (χ1) is 7.88. The van der Waals surface area contributed by atoms with Gasteiger partial charge in [-0.1, -0.05) is 0 Å². The minimum atomic E-state index is 0.543. The van der Waals surface area contributed by atoms with E-state index in [1.54, 1.807) is 16.8 Å². The van der Waals surface area contributed by atoms with Crippen LogP contribution in [0.5, 0.6) is 0 Å². The molecule has 3 heterocycles. The summed E-state index contributed by atoms with van der Waals surface area (Å²) < 4.78 is 7.35. The van der Waals surface area contributed by atoms with Gasteiger partial charge in [-0.05, 0) is 12.1 Å². The number of hydrogen-bond donors (Lipinski definition) is 2. The van der Waals surface area contributed by atoms with Crippen molar-refractivity contribution in [2.45, 2.75) is 0 Å². The summed E-state index contributed by atoms with van der Waals surface area (Å²) in [6.07, 6.45) is 6.98. The van der Waals surface area contributed by atoms with Crippen LogP contribution in [0, 0.1) is 0 Å². The molecule has 3 aromatic heterocycles. The number of pyridine rings is 1. The standard InChI is InChI=1S/C10H9N5O/c11-14-9-7(2-1-3-12-9)8-6-15-5-4-13-10(15)16-8/h1-6H,11H2,(H,12,14). The molecule has 3 aromatic rings. The topological polar surface area (TPSA) is 81.4 Å². The second-order valence-corrected chi connectivity index (χ2v) is 3.26. The van der Waals surface area contributed by atoms with E-state index in [4.69, 9.17) is 10.3 Å². The van der Waals surface area contributed by atoms with Gasteiger partial charge >= 0.3 is 5.84 Å². The van der Waals surface area contributed by atoms with Crippen molar-refractivity contribution < 1.29 is 4.42 Å². The highest BCUT2D eigenvalue weighted by molar-refractivity contribution is 5.71. The van der Waals surface area contributed by atoms with E-state index in [2.05, 4.69) is 15.4 Å². The lowest BCUT2D eigenvalue weighted by Crippen LogP contribution is -2.09. The summed E-state index contributed by atoms with van der Waals surface area (Å²) in [7, 11) is 0. The molecule has 0 aliphatic heterocycles. The van der Waals surface area contributed by atoms with Gasteiger partial charge in [0.1, 0.15) is 0 Å². The molecule has 80 valence electrons. The van der Waals surface area contributed by atoms with Crippen LogP contribution < -0.4 is 11.3 Å². The van der Waals surface area contributed by atoms with Crippen molar-refractivity contribution in [3.63, 3.8) is 0 Å². The lowest BCUT2D eigenvalue weighted by atomic mass is 10.2. The van der Waals surface area contributed by atoms with Crippen LogP contribution in [0.2, 0.25) is 0 Å². The fraction of sp³-hybridized carbons (Fsp3) is 0. The molecule has 0 amide bonds. The van der Waals surface area contributed by atoms with Crippen molar-refractivity contribution in [3.8, 4) is 11.3 Å². The maximum absolute atomic E-state index is 5.55. The van der Waals surface area contributed by atoms with Crippen LogP contribution in [-0.2, 0) is 0 Å². The Morgan fingerprint density at radius 3 is 3.06 bits per heavy atom. The van der Waals surface area contributed by atoms with Crippen LogP contribution >= 0.6 is 0 Å². The number of nitrogens with zero attached hydrogens (tertiary/aromatic N) is 3. The summed E-state index contributed by atoms with van der Waals surface area (Å²) >= 11 is 0. The molecule has 3 rings (SSSR count). The van der Waals surface area contributed by atoms with Crippen molar-refractivity contribution in [2.75, 3.05) is 5.43 Å². The molecule has 0 aliphatic rings. The number of oxazole rings is 1. The molecule has 3 N–H and O–H groups in total. The molecular weight excluding hydrogens is 206 g/mol. The minimum Gasteiger partial charge on any atom is -0.423 e. The molecule has 6 heteroatoms. The Labute approximate surface area is 90.7 Å². The number of nitrogens with two attached hydrogens (primary N) is 1. The molecule has 0 unspecified atom stereocenters. The fourth-order valence-electron chi connectivity index (χ4n) is 1.57. The molecule has 0 fully saturated rings. The van der Waals surface area contributed by atoms with E-state index in [0.29, 0.717) is 17.4 Å². The Morgan fingerprint density at radius 1 is 1.31 bits per heavy atom. The second-order valence-electron chi connectivity index (χ2n) is 3.26. The van der Waals surface area contributed by atoms with Crippen LogP contribution in [0.4, 0.5) is 5.82 Å². The van der Waals surface area contributed by atoms with Crippen LogP contribution in [0.15, 0.2) is 41.3 Å². The highest BCUT2D eigenvalue weighted by Gasteiger charge is 2.10. The first-order valence-electron chi connectivity index (χ1n) is 4.73. The summed E-state index contributed by atoms with van der Waals surface area (Å²) in [5.74, 6) is 7.16. The Hall–Kier alpha value is -2.34. The number of imidazole rings is 1. The molecule has 0 saturated heterocycles. The van der Waals surface area contributed by atoms with Crippen LogP contribution in [0.3, 0.4) is 0 Å². The zero-order valence-corrected chi connectivity index (χ0v) is 8.29. The highest BCUT2D eigenvalue weighted by atomic mass is 16.4. The number of aromatic nitrogens is 3. The number of hydrogen-bond acceptors (Lipinski definition) is 5. The monoisotopic (exact) mass is 215 g/mol. The van der Waals surface area contributed by atoms with E-state index >= 15 is 0 Å². The molecule has 0 aliphatic carbocycles. The number of nitrogen functional groups attached to an aromatic ring is 1. The van der Waals surface area contributed by atoms with Gasteiger partial charge in [-0.25, -0.2) is 15.8 Å². The lowest BCUT2D eigenvalue weighted by Gasteiger charge is -2.03. The van der Waals surface area contributed by atoms with Crippen LogP contribution in [-0.4, -0.2) is 14.4 Å². The van der Waals surface area contributed by atoms with E-state index < -0.39 is 0 Å². The molecule has 6 nitrogen and oxygen atoms in total. The van der Waals surface area contributed by atoms with E-state index in [9.17, 15) is 0 Å². The Balaban J connectivity index is 2.18. The van der Waals surface area contributed by atoms with E-state index in [0.717, 1.165) is 5.56 Å². The Morgan fingerprint density at radius 2 is 2.25 bits per heavy atom. The fourth-order valence-corrected chi connectivity index (χ4v) is 1.57. The molecular formula is C10H9N5O. The maximum Gasteiger partial charge on any atom is 0.306 e. The van der Waals surface area contributed by atoms with Crippen molar-refractivity contribution >= 4 is 11.7 Å². The van der Waals surface area contributed by atoms with Gasteiger partial charge in [-0.3, -0.25) is 4.40 Å². The molecule has 0 bridgehead atoms. The number of anilines is 1. The summed E-state index contributed by atoms with van der Waals surface area (Å²) in [5.41, 5.74) is 3.33. The summed E-state index contributed by atoms with van der Waals surface area (Å²) in [6, 6.07) is 3.70. The molecule has 0 aromatic carbocycles. The zero-order chi connectivity index (χ0) is 11.0. The third-order valence-corrected chi connectivity index (χ3v) is 2.30. The van der Waals surface area contributed by atoms with Crippen LogP contribution in [0.1, 0.15) is 0 Å². The maximum atomic E-state index is 5.55. The summed E-state index contributed by atoms with van der Waals surface area (Å²) in [6.45, 7) is 0. The molecule has 0 saturated carbocycles.